The third-order valence-corrected chi connectivity index (χ3v) is 4.60. The molecule has 0 bridgehead atoms. The number of benzene rings is 2. The highest BCUT2D eigenvalue weighted by atomic mass is 16.6. The maximum atomic E-state index is 12.3. The molecule has 0 radical (unpaired) electrons. The van der Waals surface area contributed by atoms with Gasteiger partial charge in [-0.05, 0) is 42.0 Å². The van der Waals surface area contributed by atoms with Gasteiger partial charge in [-0.3, -0.25) is 24.9 Å². The van der Waals surface area contributed by atoms with Crippen molar-refractivity contribution in [3.8, 4) is 0 Å². The van der Waals surface area contributed by atoms with Crippen molar-refractivity contribution in [1.29, 1.82) is 0 Å². The summed E-state index contributed by atoms with van der Waals surface area (Å²) in [5.74, 6) is -0.212. The Balaban J connectivity index is 1.51. The van der Waals surface area contributed by atoms with E-state index in [-0.39, 0.29) is 11.6 Å². The third-order valence-electron chi connectivity index (χ3n) is 4.60. The molecule has 0 aliphatic heterocycles. The molecule has 0 spiro atoms. The van der Waals surface area contributed by atoms with Gasteiger partial charge in [0.05, 0.1) is 10.3 Å². The van der Waals surface area contributed by atoms with Crippen LogP contribution >= 0.6 is 0 Å². The first-order valence-corrected chi connectivity index (χ1v) is 9.17. The molecule has 0 aliphatic carbocycles. The van der Waals surface area contributed by atoms with Gasteiger partial charge in [0.15, 0.2) is 0 Å². The van der Waals surface area contributed by atoms with E-state index in [9.17, 15) is 14.9 Å². The number of non-ortho nitro benzene ring substituents is 1. The van der Waals surface area contributed by atoms with Crippen molar-refractivity contribution in [3.05, 3.63) is 101 Å². The summed E-state index contributed by atoms with van der Waals surface area (Å²) < 4.78 is 0. The van der Waals surface area contributed by atoms with Crippen molar-refractivity contribution >= 4 is 33.7 Å². The second kappa shape index (κ2) is 8.36. The van der Waals surface area contributed by atoms with Gasteiger partial charge in [0.2, 0.25) is 0 Å². The van der Waals surface area contributed by atoms with Crippen LogP contribution in [0.25, 0.3) is 10.8 Å². The Morgan fingerprint density at radius 3 is 2.57 bits per heavy atom. The number of hydrogen-bond acceptors (Lipinski definition) is 6. The number of carbonyl (C=O) groups is 1. The smallest absolute Gasteiger partial charge is 0.278 e. The van der Waals surface area contributed by atoms with E-state index in [1.807, 2.05) is 24.3 Å². The molecule has 0 saturated carbocycles. The number of amides is 1. The fraction of sp³-hybridized carbons (Fsp3) is 0.0455. The molecule has 2 heterocycles. The molecule has 2 aromatic heterocycles. The van der Waals surface area contributed by atoms with Crippen LogP contribution in [0.3, 0.4) is 0 Å². The Bertz CT molecular complexity index is 1230. The summed E-state index contributed by atoms with van der Waals surface area (Å²) in [6.45, 7) is 0.480. The van der Waals surface area contributed by atoms with Crippen LogP contribution < -0.4 is 10.6 Å². The predicted molar refractivity (Wildman–Crippen MR) is 114 cm³/mol. The molecule has 0 aliphatic rings. The number of anilines is 2. The highest BCUT2D eigenvalue weighted by Gasteiger charge is 2.14. The Morgan fingerprint density at radius 1 is 0.967 bits per heavy atom. The molecule has 0 fully saturated rings. The van der Waals surface area contributed by atoms with E-state index in [0.29, 0.717) is 23.2 Å². The number of aromatic nitrogens is 2. The summed E-state index contributed by atoms with van der Waals surface area (Å²) in [5, 5.41) is 18.6. The molecule has 4 aromatic rings. The quantitative estimate of drug-likeness (QED) is 0.367. The number of nitro benzene ring substituents is 1. The summed E-state index contributed by atoms with van der Waals surface area (Å²) in [4.78, 5) is 31.1. The zero-order valence-electron chi connectivity index (χ0n) is 15.8. The maximum Gasteiger partial charge on any atom is 0.278 e. The first kappa shape index (κ1) is 19.0. The van der Waals surface area contributed by atoms with Crippen LogP contribution in [0.5, 0.6) is 0 Å². The summed E-state index contributed by atoms with van der Waals surface area (Å²) in [6.07, 6.45) is 6.24. The van der Waals surface area contributed by atoms with E-state index >= 15 is 0 Å². The lowest BCUT2D eigenvalue weighted by molar-refractivity contribution is -0.383. The van der Waals surface area contributed by atoms with E-state index < -0.39 is 4.92 Å². The molecular formula is C22H17N5O3. The van der Waals surface area contributed by atoms with Gasteiger partial charge in [0.1, 0.15) is 0 Å². The molecule has 0 atom stereocenters. The number of pyridine rings is 2. The topological polar surface area (TPSA) is 110 Å². The van der Waals surface area contributed by atoms with Gasteiger partial charge in [-0.25, -0.2) is 0 Å². The molecule has 0 saturated heterocycles. The maximum absolute atomic E-state index is 12.3. The Kier molecular flexibility index (Phi) is 5.29. The van der Waals surface area contributed by atoms with Crippen LogP contribution in [0.4, 0.5) is 17.1 Å². The highest BCUT2D eigenvalue weighted by Crippen LogP contribution is 2.31. The number of fused-ring (bicyclic) bond motifs is 1. The van der Waals surface area contributed by atoms with Gasteiger partial charge in [-0.1, -0.05) is 12.1 Å². The van der Waals surface area contributed by atoms with Crippen LogP contribution in [0.1, 0.15) is 15.9 Å². The summed E-state index contributed by atoms with van der Waals surface area (Å²) in [6, 6.07) is 15.7. The number of nitrogens with zero attached hydrogens (tertiary/aromatic N) is 3. The van der Waals surface area contributed by atoms with Crippen LogP contribution in [0.2, 0.25) is 0 Å². The number of nitro groups is 1. The number of carbonyl (C=O) groups excluding carboxylic acids is 1. The minimum atomic E-state index is -0.414. The molecule has 1 amide bonds. The lowest BCUT2D eigenvalue weighted by Crippen LogP contribution is -2.12. The Hall–Kier alpha value is -4.33. The number of nitrogens with one attached hydrogen (secondary N) is 2. The molecule has 2 N–H and O–H groups in total. The Labute approximate surface area is 171 Å². The zero-order valence-corrected chi connectivity index (χ0v) is 15.8. The molecule has 0 unspecified atom stereocenters. The number of rotatable bonds is 6. The molecule has 8 nitrogen and oxygen atoms in total. The fourth-order valence-corrected chi connectivity index (χ4v) is 3.15. The first-order chi connectivity index (χ1) is 14.6. The second-order valence-corrected chi connectivity index (χ2v) is 6.55. The van der Waals surface area contributed by atoms with E-state index in [4.69, 9.17) is 0 Å². The van der Waals surface area contributed by atoms with Gasteiger partial charge in [0.25, 0.3) is 11.6 Å². The summed E-state index contributed by atoms with van der Waals surface area (Å²) in [5.41, 5.74) is 2.94. The van der Waals surface area contributed by atoms with Crippen LogP contribution in [-0.2, 0) is 6.54 Å². The minimum absolute atomic E-state index is 0.0180. The lowest BCUT2D eigenvalue weighted by Gasteiger charge is -2.11. The largest absolute Gasteiger partial charge is 0.380 e. The predicted octanol–water partition coefficient (Wildman–Crippen LogP) is 4.40. The standard InChI is InChI=1S/C22H17N5O3/c28-22(16-6-9-23-10-7-16)26-17-3-1-2-15(12-17)13-25-20-4-5-21(27(29)30)19-14-24-11-8-18(19)20/h1-12,14,25H,13H2,(H,26,28). The van der Waals surface area contributed by atoms with Crippen LogP contribution in [-0.4, -0.2) is 20.8 Å². The molecule has 4 rings (SSSR count). The van der Waals surface area contributed by atoms with Gasteiger partial charge in [-0.2, -0.15) is 0 Å². The summed E-state index contributed by atoms with van der Waals surface area (Å²) in [7, 11) is 0. The van der Waals surface area contributed by atoms with E-state index in [0.717, 1.165) is 16.6 Å². The van der Waals surface area contributed by atoms with Crippen LogP contribution in [0.15, 0.2) is 79.4 Å². The van der Waals surface area contributed by atoms with Gasteiger partial charge >= 0.3 is 0 Å². The lowest BCUT2D eigenvalue weighted by atomic mass is 10.1. The highest BCUT2D eigenvalue weighted by molar-refractivity contribution is 6.04. The first-order valence-electron chi connectivity index (χ1n) is 9.17. The third kappa shape index (κ3) is 4.07. The fourth-order valence-electron chi connectivity index (χ4n) is 3.15. The average Bonchev–Trinajstić information content (AvgIpc) is 2.78. The minimum Gasteiger partial charge on any atom is -0.380 e. The molecular weight excluding hydrogens is 382 g/mol. The van der Waals surface area contributed by atoms with Gasteiger partial charge in [-0.15, -0.1) is 0 Å². The van der Waals surface area contributed by atoms with Crippen molar-refractivity contribution in [1.82, 2.24) is 9.97 Å². The zero-order chi connectivity index (χ0) is 20.9. The van der Waals surface area contributed by atoms with Crippen LogP contribution in [0, 0.1) is 10.1 Å². The monoisotopic (exact) mass is 399 g/mol. The van der Waals surface area contributed by atoms with Crippen molar-refractivity contribution < 1.29 is 9.72 Å². The molecule has 148 valence electrons. The van der Waals surface area contributed by atoms with Crippen molar-refractivity contribution in [2.24, 2.45) is 0 Å². The van der Waals surface area contributed by atoms with Crippen molar-refractivity contribution in [2.75, 3.05) is 10.6 Å². The summed E-state index contributed by atoms with van der Waals surface area (Å²) >= 11 is 0. The molecule has 2 aromatic carbocycles. The normalized spacial score (nSPS) is 10.5. The second-order valence-electron chi connectivity index (χ2n) is 6.55. The average molecular weight is 399 g/mol. The van der Waals surface area contributed by atoms with Crippen molar-refractivity contribution in [2.45, 2.75) is 6.54 Å². The van der Waals surface area contributed by atoms with E-state index in [2.05, 4.69) is 20.6 Å². The van der Waals surface area contributed by atoms with E-state index in [1.54, 1.807) is 42.9 Å². The molecule has 30 heavy (non-hydrogen) atoms. The Morgan fingerprint density at radius 2 is 1.77 bits per heavy atom. The molecule has 8 heteroatoms. The van der Waals surface area contributed by atoms with Crippen molar-refractivity contribution in [3.63, 3.8) is 0 Å². The van der Waals surface area contributed by atoms with E-state index in [1.165, 1.54) is 12.3 Å². The number of hydrogen-bond donors (Lipinski definition) is 2. The van der Waals surface area contributed by atoms with Gasteiger partial charge in [0, 0.05) is 59.7 Å². The SMILES string of the molecule is O=C(Nc1cccc(CNc2ccc([N+](=O)[O-])c3cnccc23)c1)c1ccncc1. The van der Waals surface area contributed by atoms with Gasteiger partial charge < -0.3 is 10.6 Å².